The Bertz CT molecular complexity index is 512. The molecule has 0 heterocycles. The Morgan fingerprint density at radius 1 is 1.11 bits per heavy atom. The molecule has 0 aromatic carbocycles. The van der Waals surface area contributed by atoms with Gasteiger partial charge in [0.05, 0.1) is 18.4 Å². The van der Waals surface area contributed by atoms with Crippen LogP contribution in [0.2, 0.25) is 18.1 Å². The number of aliphatic hydroxyl groups is 1. The molecule has 0 bridgehead atoms. The number of nitrogens with zero attached hydrogens (tertiary/aromatic N) is 1. The van der Waals surface area contributed by atoms with Gasteiger partial charge in [0.25, 0.3) is 0 Å². The van der Waals surface area contributed by atoms with Crippen LogP contribution in [0.25, 0.3) is 0 Å². The fourth-order valence-electron chi connectivity index (χ4n) is 3.24. The maximum absolute atomic E-state index is 12.5. The van der Waals surface area contributed by atoms with E-state index in [1.807, 2.05) is 19.9 Å². The SMILES string of the molecule is CC[Si](CC)(CC)O[C@H]([C@H](C)/C=C\N(C)C=O)[C@@H](C)C(O)CP(=O)(OC)OC. The van der Waals surface area contributed by atoms with Crippen molar-refractivity contribution in [3.8, 4) is 0 Å². The molecule has 1 amide bonds. The Morgan fingerprint density at radius 3 is 2.00 bits per heavy atom. The predicted molar refractivity (Wildman–Crippen MR) is 116 cm³/mol. The van der Waals surface area contributed by atoms with Gasteiger partial charge in [0.1, 0.15) is 0 Å². The highest BCUT2D eigenvalue weighted by atomic mass is 31.2. The summed E-state index contributed by atoms with van der Waals surface area (Å²) in [5, 5.41) is 10.8. The molecule has 0 saturated heterocycles. The number of hydrogen-bond acceptors (Lipinski definition) is 6. The zero-order valence-electron chi connectivity index (χ0n) is 18.8. The molecule has 9 heteroatoms. The second kappa shape index (κ2) is 12.9. The molecule has 0 aliphatic carbocycles. The predicted octanol–water partition coefficient (Wildman–Crippen LogP) is 4.10. The first kappa shape index (κ1) is 27.5. The van der Waals surface area contributed by atoms with E-state index >= 15 is 0 Å². The topological polar surface area (TPSA) is 85.3 Å². The Labute approximate surface area is 172 Å². The van der Waals surface area contributed by atoms with E-state index in [1.165, 1.54) is 19.1 Å². The summed E-state index contributed by atoms with van der Waals surface area (Å²) in [5.41, 5.74) is 0. The first-order valence-electron chi connectivity index (χ1n) is 9.99. The first-order valence-corrected chi connectivity index (χ1v) is 14.2. The lowest BCUT2D eigenvalue weighted by molar-refractivity contribution is -0.115. The molecule has 4 atom stereocenters. The standard InChI is InChI=1S/C19H40NO6PSi/c1-9-28(10-2,11-3)26-19(16(4)12-13-20(6)15-21)17(5)18(22)14-27(23,24-7)25-8/h12-13,15-19,22H,9-11,14H2,1-8H3/b13-12-/t16-,17+,18?,19-/m1/s1. The van der Waals surface area contributed by atoms with E-state index in [2.05, 4.69) is 20.8 Å². The van der Waals surface area contributed by atoms with E-state index in [-0.39, 0.29) is 24.1 Å². The maximum atomic E-state index is 12.5. The summed E-state index contributed by atoms with van der Waals surface area (Å²) < 4.78 is 29.2. The van der Waals surface area contributed by atoms with Gasteiger partial charge in [0, 0.05) is 39.3 Å². The Morgan fingerprint density at radius 2 is 1.61 bits per heavy atom. The van der Waals surface area contributed by atoms with Crippen molar-refractivity contribution in [1.82, 2.24) is 4.90 Å². The van der Waals surface area contributed by atoms with E-state index in [4.69, 9.17) is 13.5 Å². The lowest BCUT2D eigenvalue weighted by Crippen LogP contribution is -2.47. The highest BCUT2D eigenvalue weighted by Gasteiger charge is 2.39. The van der Waals surface area contributed by atoms with Crippen molar-refractivity contribution >= 4 is 22.3 Å². The van der Waals surface area contributed by atoms with Gasteiger partial charge >= 0.3 is 7.60 Å². The minimum absolute atomic E-state index is 0.0481. The molecule has 7 nitrogen and oxygen atoms in total. The van der Waals surface area contributed by atoms with Crippen molar-refractivity contribution in [2.45, 2.75) is 65.0 Å². The Balaban J connectivity index is 5.70. The second-order valence-electron chi connectivity index (χ2n) is 7.38. The third-order valence-corrected chi connectivity index (χ3v) is 12.3. The van der Waals surface area contributed by atoms with Crippen molar-refractivity contribution < 1.29 is 27.9 Å². The van der Waals surface area contributed by atoms with Crippen molar-refractivity contribution in [1.29, 1.82) is 0 Å². The number of rotatable bonds is 15. The second-order valence-corrected chi connectivity index (χ2v) is 14.4. The average molecular weight is 438 g/mol. The van der Waals surface area contributed by atoms with Crippen molar-refractivity contribution in [2.24, 2.45) is 11.8 Å². The highest BCUT2D eigenvalue weighted by Crippen LogP contribution is 2.48. The molecule has 0 aliphatic rings. The van der Waals surface area contributed by atoms with Crippen LogP contribution in [0, 0.1) is 11.8 Å². The van der Waals surface area contributed by atoms with Gasteiger partial charge in [-0.25, -0.2) is 0 Å². The van der Waals surface area contributed by atoms with E-state index in [9.17, 15) is 14.5 Å². The van der Waals surface area contributed by atoms with Gasteiger partial charge in [0.15, 0.2) is 8.32 Å². The van der Waals surface area contributed by atoms with Crippen molar-refractivity contribution in [2.75, 3.05) is 27.4 Å². The maximum Gasteiger partial charge on any atom is 0.332 e. The quantitative estimate of drug-likeness (QED) is 0.236. The normalized spacial score (nSPS) is 17.3. The molecule has 0 aliphatic heterocycles. The van der Waals surface area contributed by atoms with Crippen LogP contribution in [0.1, 0.15) is 34.6 Å². The molecule has 166 valence electrons. The summed E-state index contributed by atoms with van der Waals surface area (Å²) >= 11 is 0. The van der Waals surface area contributed by atoms with E-state index in [0.29, 0.717) is 0 Å². The fourth-order valence-corrected chi connectivity index (χ4v) is 7.48. The summed E-state index contributed by atoms with van der Waals surface area (Å²) in [6.07, 6.45) is 3.07. The zero-order chi connectivity index (χ0) is 22.0. The molecule has 0 aromatic rings. The average Bonchev–Trinajstić information content (AvgIpc) is 2.72. The molecular formula is C19H40NO6PSi. The van der Waals surface area contributed by atoms with Crippen LogP contribution in [0.15, 0.2) is 12.3 Å². The molecule has 0 saturated carbocycles. The first-order chi connectivity index (χ1) is 13.1. The van der Waals surface area contributed by atoms with Gasteiger partial charge in [-0.05, 0) is 18.1 Å². The molecular weight excluding hydrogens is 397 g/mol. The summed E-state index contributed by atoms with van der Waals surface area (Å²) in [4.78, 5) is 12.3. The van der Waals surface area contributed by atoms with E-state index in [0.717, 1.165) is 24.5 Å². The smallest absolute Gasteiger partial charge is 0.332 e. The summed E-state index contributed by atoms with van der Waals surface area (Å²) in [5.74, 6) is -0.343. The van der Waals surface area contributed by atoms with Crippen LogP contribution < -0.4 is 0 Å². The number of aliphatic hydroxyl groups excluding tert-OH is 1. The van der Waals surface area contributed by atoms with Crippen LogP contribution in [-0.2, 0) is 22.8 Å². The molecule has 1 N–H and O–H groups in total. The minimum Gasteiger partial charge on any atom is -0.413 e. The third-order valence-electron chi connectivity index (χ3n) is 5.72. The largest absolute Gasteiger partial charge is 0.413 e. The molecule has 0 rings (SSSR count). The summed E-state index contributed by atoms with van der Waals surface area (Å²) in [6.45, 7) is 10.4. The van der Waals surface area contributed by atoms with Gasteiger partial charge in [-0.15, -0.1) is 0 Å². The van der Waals surface area contributed by atoms with Crippen molar-refractivity contribution in [3.63, 3.8) is 0 Å². The van der Waals surface area contributed by atoms with Gasteiger partial charge in [-0.3, -0.25) is 9.36 Å². The molecule has 28 heavy (non-hydrogen) atoms. The fraction of sp³-hybridized carbons (Fsp3) is 0.842. The molecule has 0 radical (unpaired) electrons. The molecule has 0 spiro atoms. The van der Waals surface area contributed by atoms with Gasteiger partial charge < -0.3 is 23.5 Å². The van der Waals surface area contributed by atoms with Crippen LogP contribution in [0.5, 0.6) is 0 Å². The third kappa shape index (κ3) is 8.09. The number of hydrogen-bond donors (Lipinski definition) is 1. The summed E-state index contributed by atoms with van der Waals surface area (Å²) in [7, 11) is -0.982. The van der Waals surface area contributed by atoms with Crippen LogP contribution >= 0.6 is 7.60 Å². The minimum atomic E-state index is -3.34. The number of amides is 1. The summed E-state index contributed by atoms with van der Waals surface area (Å²) in [6, 6.07) is 2.95. The molecule has 0 aromatic heterocycles. The van der Waals surface area contributed by atoms with E-state index in [1.54, 1.807) is 13.2 Å². The lowest BCUT2D eigenvalue weighted by atomic mass is 9.90. The van der Waals surface area contributed by atoms with Gasteiger partial charge in [-0.2, -0.15) is 0 Å². The Kier molecular flexibility index (Phi) is 12.7. The number of carbonyl (C=O) groups is 1. The lowest BCUT2D eigenvalue weighted by Gasteiger charge is -2.40. The number of carbonyl (C=O) groups excluding carboxylic acids is 1. The van der Waals surface area contributed by atoms with Crippen molar-refractivity contribution in [3.05, 3.63) is 12.3 Å². The monoisotopic (exact) mass is 437 g/mol. The zero-order valence-corrected chi connectivity index (χ0v) is 20.6. The van der Waals surface area contributed by atoms with Crippen LogP contribution in [0.4, 0.5) is 0 Å². The molecule has 1 unspecified atom stereocenters. The van der Waals surface area contributed by atoms with E-state index < -0.39 is 22.0 Å². The van der Waals surface area contributed by atoms with Gasteiger partial charge in [0.2, 0.25) is 6.41 Å². The van der Waals surface area contributed by atoms with Gasteiger partial charge in [-0.1, -0.05) is 40.7 Å². The molecule has 0 fully saturated rings. The highest BCUT2D eigenvalue weighted by molar-refractivity contribution is 7.53. The van der Waals surface area contributed by atoms with Crippen LogP contribution in [-0.4, -0.2) is 64.4 Å². The van der Waals surface area contributed by atoms with Crippen LogP contribution in [0.3, 0.4) is 0 Å². The Hall–Kier alpha value is -0.503.